The van der Waals surface area contributed by atoms with Crippen molar-refractivity contribution in [3.8, 4) is 5.69 Å². The van der Waals surface area contributed by atoms with Crippen LogP contribution in [0.1, 0.15) is 0 Å². The number of nitrogen functional groups attached to an aromatic ring is 1. The van der Waals surface area contributed by atoms with Crippen molar-refractivity contribution in [1.29, 1.82) is 0 Å². The Kier molecular flexibility index (Phi) is 2.75. The van der Waals surface area contributed by atoms with Gasteiger partial charge < -0.3 is 5.73 Å². The van der Waals surface area contributed by atoms with E-state index in [9.17, 15) is 4.79 Å². The smallest absolute Gasteiger partial charge is 0.348 e. The first kappa shape index (κ1) is 11.8. The fourth-order valence-electron chi connectivity index (χ4n) is 1.92. The first-order valence-electron chi connectivity index (χ1n) is 5.58. The molecule has 0 radical (unpaired) electrons. The predicted molar refractivity (Wildman–Crippen MR) is 75.7 cm³/mol. The number of aromatic nitrogens is 4. The molecule has 0 unspecified atom stereocenters. The molecule has 0 amide bonds. The van der Waals surface area contributed by atoms with E-state index in [4.69, 9.17) is 5.73 Å². The van der Waals surface area contributed by atoms with Crippen LogP contribution in [-0.4, -0.2) is 26.0 Å². The van der Waals surface area contributed by atoms with E-state index in [0.717, 1.165) is 10.7 Å². The number of hydrogen-bond acceptors (Lipinski definition) is 5. The Bertz CT molecular complexity index is 793. The van der Waals surface area contributed by atoms with E-state index >= 15 is 0 Å². The molecule has 19 heavy (non-hydrogen) atoms. The molecular formula is C12H11N5OS. The summed E-state index contributed by atoms with van der Waals surface area (Å²) in [5.41, 5.74) is 6.69. The Labute approximate surface area is 112 Å². The molecule has 0 atom stereocenters. The van der Waals surface area contributed by atoms with E-state index in [1.165, 1.54) is 11.8 Å². The van der Waals surface area contributed by atoms with Crippen molar-refractivity contribution in [1.82, 2.24) is 19.7 Å². The van der Waals surface area contributed by atoms with Gasteiger partial charge in [-0.15, -0.1) is 11.8 Å². The first-order chi connectivity index (χ1) is 9.20. The minimum atomic E-state index is -0.477. The van der Waals surface area contributed by atoms with Crippen molar-refractivity contribution in [2.75, 3.05) is 12.0 Å². The number of aromatic amines is 1. The number of nitrogens with two attached hydrogens (primary N) is 1. The molecule has 2 heterocycles. The van der Waals surface area contributed by atoms with Crippen LogP contribution in [0.3, 0.4) is 0 Å². The number of nitrogens with one attached hydrogen (secondary N) is 1. The number of nitrogens with zero attached hydrogens (tertiary/aromatic N) is 3. The molecule has 2 aromatic heterocycles. The van der Waals surface area contributed by atoms with Gasteiger partial charge in [-0.05, 0) is 18.4 Å². The summed E-state index contributed by atoms with van der Waals surface area (Å²) >= 11 is 1.46. The third-order valence-corrected chi connectivity index (χ3v) is 3.41. The fourth-order valence-corrected chi connectivity index (χ4v) is 2.49. The molecule has 0 fully saturated rings. The molecule has 6 nitrogen and oxygen atoms in total. The van der Waals surface area contributed by atoms with Gasteiger partial charge in [-0.3, -0.25) is 4.98 Å². The summed E-state index contributed by atoms with van der Waals surface area (Å²) in [6.07, 6.45) is 1.90. The summed E-state index contributed by atoms with van der Waals surface area (Å²) in [6.45, 7) is 0. The third-order valence-electron chi connectivity index (χ3n) is 2.74. The molecule has 3 aromatic rings. The summed E-state index contributed by atoms with van der Waals surface area (Å²) in [5, 5.41) is 5.87. The molecule has 3 rings (SSSR count). The number of hydrogen-bond donors (Lipinski definition) is 2. The third kappa shape index (κ3) is 1.88. The van der Waals surface area contributed by atoms with Crippen LogP contribution in [0.25, 0.3) is 16.7 Å². The van der Waals surface area contributed by atoms with Crippen molar-refractivity contribution >= 4 is 28.6 Å². The summed E-state index contributed by atoms with van der Waals surface area (Å²) in [6, 6.07) is 9.51. The van der Waals surface area contributed by atoms with E-state index in [0.29, 0.717) is 16.9 Å². The molecule has 0 aliphatic rings. The van der Waals surface area contributed by atoms with Crippen molar-refractivity contribution in [3.05, 3.63) is 40.8 Å². The molecule has 7 heteroatoms. The molecule has 1 aromatic carbocycles. The number of H-pyrrole nitrogens is 1. The minimum Gasteiger partial charge on any atom is -0.384 e. The largest absolute Gasteiger partial charge is 0.384 e. The van der Waals surface area contributed by atoms with Gasteiger partial charge in [0.15, 0.2) is 5.65 Å². The molecule has 96 valence electrons. The normalized spacial score (nSPS) is 11.0. The number of para-hydroxylation sites is 1. The highest BCUT2D eigenvalue weighted by Gasteiger charge is 2.16. The van der Waals surface area contributed by atoms with Gasteiger partial charge >= 0.3 is 5.69 Å². The van der Waals surface area contributed by atoms with Crippen molar-refractivity contribution in [2.24, 2.45) is 0 Å². The van der Waals surface area contributed by atoms with E-state index < -0.39 is 5.69 Å². The van der Waals surface area contributed by atoms with Crippen LogP contribution >= 0.6 is 11.8 Å². The number of fused-ring (bicyclic) bond motifs is 1. The predicted octanol–water partition coefficient (Wildman–Crippen LogP) is 1.41. The molecule has 0 bridgehead atoms. The number of thioether (sulfide) groups is 1. The quantitative estimate of drug-likeness (QED) is 0.689. The zero-order valence-electron chi connectivity index (χ0n) is 10.1. The molecule has 0 spiro atoms. The molecule has 0 aliphatic carbocycles. The minimum absolute atomic E-state index is 0.293. The second-order valence-electron chi connectivity index (χ2n) is 3.91. The fraction of sp³-hybridized carbons (Fsp3) is 0.0833. The first-order valence-corrected chi connectivity index (χ1v) is 6.81. The molecule has 0 saturated carbocycles. The summed E-state index contributed by atoms with van der Waals surface area (Å²) in [5.74, 6) is 0.293. The van der Waals surface area contributed by atoms with Crippen LogP contribution in [0.4, 0.5) is 5.82 Å². The maximum atomic E-state index is 11.5. The van der Waals surface area contributed by atoms with E-state index in [1.807, 2.05) is 36.6 Å². The van der Waals surface area contributed by atoms with E-state index in [2.05, 4.69) is 15.1 Å². The van der Waals surface area contributed by atoms with Crippen LogP contribution in [0.2, 0.25) is 0 Å². The second-order valence-corrected chi connectivity index (χ2v) is 4.71. The van der Waals surface area contributed by atoms with Gasteiger partial charge in [-0.25, -0.2) is 9.48 Å². The van der Waals surface area contributed by atoms with Crippen LogP contribution in [0.5, 0.6) is 0 Å². The highest BCUT2D eigenvalue weighted by Crippen LogP contribution is 2.28. The van der Waals surface area contributed by atoms with Crippen molar-refractivity contribution < 1.29 is 0 Å². The standard InChI is InChI=1S/C12H11N5OS/c1-19-11-8-9(13)14-12(18)15-10(8)17(16-11)7-5-3-2-4-6-7/h2-6H,1H3,(H3,13,14,15,18). The van der Waals surface area contributed by atoms with Gasteiger partial charge in [0.05, 0.1) is 11.1 Å². The number of rotatable bonds is 2. The lowest BCUT2D eigenvalue weighted by Gasteiger charge is -2.01. The Balaban J connectivity index is 2.41. The van der Waals surface area contributed by atoms with Gasteiger partial charge in [-0.2, -0.15) is 10.1 Å². The highest BCUT2D eigenvalue weighted by atomic mass is 32.2. The Morgan fingerprint density at radius 1 is 1.32 bits per heavy atom. The monoisotopic (exact) mass is 273 g/mol. The van der Waals surface area contributed by atoms with Gasteiger partial charge in [0.1, 0.15) is 10.8 Å². The van der Waals surface area contributed by atoms with Crippen LogP contribution in [0.15, 0.2) is 40.2 Å². The van der Waals surface area contributed by atoms with Crippen LogP contribution in [0, 0.1) is 0 Å². The summed E-state index contributed by atoms with van der Waals surface area (Å²) in [4.78, 5) is 18.0. The molecule has 0 saturated heterocycles. The van der Waals surface area contributed by atoms with Crippen LogP contribution in [-0.2, 0) is 0 Å². The zero-order valence-corrected chi connectivity index (χ0v) is 10.9. The van der Waals surface area contributed by atoms with E-state index in [-0.39, 0.29) is 0 Å². The highest BCUT2D eigenvalue weighted by molar-refractivity contribution is 7.98. The average Bonchev–Trinajstić information content (AvgIpc) is 2.78. The Morgan fingerprint density at radius 3 is 2.74 bits per heavy atom. The maximum Gasteiger partial charge on any atom is 0.348 e. The summed E-state index contributed by atoms with van der Waals surface area (Å²) in [7, 11) is 0. The maximum absolute atomic E-state index is 11.5. The lowest BCUT2D eigenvalue weighted by molar-refractivity contribution is 0.849. The van der Waals surface area contributed by atoms with Crippen LogP contribution < -0.4 is 11.4 Å². The molecule has 3 N–H and O–H groups in total. The van der Waals surface area contributed by atoms with Gasteiger partial charge in [-0.1, -0.05) is 18.2 Å². The van der Waals surface area contributed by atoms with E-state index in [1.54, 1.807) is 4.68 Å². The SMILES string of the molecule is CSc1nn(-c2ccccc2)c2nc(=O)[nH]c(N)c12. The second kappa shape index (κ2) is 4.43. The summed E-state index contributed by atoms with van der Waals surface area (Å²) < 4.78 is 1.63. The molecular weight excluding hydrogens is 262 g/mol. The topological polar surface area (TPSA) is 89.6 Å². The lowest BCUT2D eigenvalue weighted by atomic mass is 10.3. The Morgan fingerprint density at radius 2 is 2.05 bits per heavy atom. The van der Waals surface area contributed by atoms with Crippen molar-refractivity contribution in [2.45, 2.75) is 5.03 Å². The zero-order chi connectivity index (χ0) is 13.4. The number of anilines is 1. The molecule has 0 aliphatic heterocycles. The average molecular weight is 273 g/mol. The Hall–Kier alpha value is -2.28. The van der Waals surface area contributed by atoms with Gasteiger partial charge in [0, 0.05) is 0 Å². The number of benzene rings is 1. The van der Waals surface area contributed by atoms with Gasteiger partial charge in [0.2, 0.25) is 0 Å². The van der Waals surface area contributed by atoms with Gasteiger partial charge in [0.25, 0.3) is 0 Å². The lowest BCUT2D eigenvalue weighted by Crippen LogP contribution is -2.13. The van der Waals surface area contributed by atoms with Crippen molar-refractivity contribution in [3.63, 3.8) is 0 Å².